The fourth-order valence-electron chi connectivity index (χ4n) is 2.59. The molecule has 0 fully saturated rings. The van der Waals surface area contributed by atoms with Gasteiger partial charge in [-0.25, -0.2) is 0 Å². The Morgan fingerprint density at radius 2 is 1.83 bits per heavy atom. The maximum atomic E-state index is 13.1. The van der Waals surface area contributed by atoms with Gasteiger partial charge in [-0.15, -0.1) is 0 Å². The molecule has 124 valence electrons. The van der Waals surface area contributed by atoms with Gasteiger partial charge in [-0.3, -0.25) is 4.79 Å². The lowest BCUT2D eigenvalue weighted by Crippen LogP contribution is -2.16. The van der Waals surface area contributed by atoms with Crippen molar-refractivity contribution in [2.75, 3.05) is 0 Å². The molecule has 0 saturated carbocycles. The van der Waals surface area contributed by atoms with Gasteiger partial charge in [0.15, 0.2) is 0 Å². The van der Waals surface area contributed by atoms with Gasteiger partial charge >= 0.3 is 6.18 Å². The normalized spacial score (nSPS) is 11.8. The molecule has 0 aliphatic carbocycles. The first-order chi connectivity index (χ1) is 11.3. The van der Waals surface area contributed by atoms with Gasteiger partial charge in [0, 0.05) is 15.4 Å². The van der Waals surface area contributed by atoms with Crippen molar-refractivity contribution >= 4 is 33.5 Å². The van der Waals surface area contributed by atoms with Gasteiger partial charge < -0.3 is 10.1 Å². The zero-order valence-electron chi connectivity index (χ0n) is 12.1. The number of nitrogens with one attached hydrogen (secondary N) is 1. The van der Waals surface area contributed by atoms with Crippen LogP contribution >= 0.6 is 22.6 Å². The summed E-state index contributed by atoms with van der Waals surface area (Å²) in [6.07, 6.45) is -4.83. The molecule has 3 aromatic rings. The largest absolute Gasteiger partial charge is 0.507 e. The van der Waals surface area contributed by atoms with Gasteiger partial charge in [-0.2, -0.15) is 13.2 Å². The number of rotatable bonds is 2. The van der Waals surface area contributed by atoms with E-state index in [4.69, 9.17) is 0 Å². The molecule has 0 unspecified atom stereocenters. The van der Waals surface area contributed by atoms with E-state index >= 15 is 0 Å². The van der Waals surface area contributed by atoms with Gasteiger partial charge in [0.2, 0.25) is 0 Å². The number of halogens is 4. The predicted octanol–water partition coefficient (Wildman–Crippen LogP) is 4.45. The fourth-order valence-corrected chi connectivity index (χ4v) is 3.09. The average molecular weight is 445 g/mol. The van der Waals surface area contributed by atoms with E-state index in [-0.39, 0.29) is 23.3 Å². The molecule has 2 aromatic carbocycles. The summed E-state index contributed by atoms with van der Waals surface area (Å²) in [5, 5.41) is 10.8. The van der Waals surface area contributed by atoms with E-state index in [0.717, 1.165) is 9.64 Å². The van der Waals surface area contributed by atoms with Crippen molar-refractivity contribution in [3.8, 4) is 5.75 Å². The van der Waals surface area contributed by atoms with Crippen LogP contribution in [0.1, 0.15) is 16.7 Å². The third-order valence-corrected chi connectivity index (χ3v) is 4.41. The van der Waals surface area contributed by atoms with Crippen molar-refractivity contribution in [2.24, 2.45) is 0 Å². The first-order valence-electron chi connectivity index (χ1n) is 6.96. The zero-order chi connectivity index (χ0) is 17.5. The van der Waals surface area contributed by atoms with Gasteiger partial charge in [0.25, 0.3) is 5.56 Å². The highest BCUT2D eigenvalue weighted by Gasteiger charge is 2.33. The molecule has 0 saturated heterocycles. The second-order valence-corrected chi connectivity index (χ2v) is 6.55. The molecule has 1 aromatic heterocycles. The van der Waals surface area contributed by atoms with E-state index in [1.807, 2.05) is 0 Å². The first-order valence-corrected chi connectivity index (χ1v) is 8.03. The van der Waals surface area contributed by atoms with E-state index in [1.54, 1.807) is 18.2 Å². The maximum absolute atomic E-state index is 13.1. The SMILES string of the molecule is O=c1[nH]c2ccc(I)cc2c(O)c1Cc1ccccc1C(F)(F)F. The zero-order valence-corrected chi connectivity index (χ0v) is 14.3. The van der Waals surface area contributed by atoms with Crippen LogP contribution in [-0.2, 0) is 12.6 Å². The Balaban J connectivity index is 2.17. The standard InChI is InChI=1S/C17H11F3INO2/c18-17(19,20)13-4-2-1-3-9(13)7-12-15(23)11-8-10(21)5-6-14(11)22-16(12)24/h1-6,8H,7H2,(H2,22,23,24). The average Bonchev–Trinajstić information content (AvgIpc) is 2.52. The van der Waals surface area contributed by atoms with Crippen molar-refractivity contribution < 1.29 is 18.3 Å². The minimum atomic E-state index is -4.52. The number of fused-ring (bicyclic) bond motifs is 1. The first kappa shape index (κ1) is 16.8. The van der Waals surface area contributed by atoms with Gasteiger partial charge in [0.1, 0.15) is 5.75 Å². The minimum absolute atomic E-state index is 0.0595. The van der Waals surface area contributed by atoms with Crippen LogP contribution in [0.3, 0.4) is 0 Å². The summed E-state index contributed by atoms with van der Waals surface area (Å²) in [7, 11) is 0. The Labute approximate surface area is 148 Å². The molecule has 0 bridgehead atoms. The molecule has 0 aliphatic heterocycles. The number of H-pyrrole nitrogens is 1. The highest BCUT2D eigenvalue weighted by atomic mass is 127. The molecular weight excluding hydrogens is 434 g/mol. The second kappa shape index (κ2) is 6.12. The summed E-state index contributed by atoms with van der Waals surface area (Å²) in [4.78, 5) is 14.8. The third kappa shape index (κ3) is 3.12. The molecular formula is C17H11F3INO2. The number of pyridine rings is 1. The number of alkyl halides is 3. The minimum Gasteiger partial charge on any atom is -0.507 e. The predicted molar refractivity (Wildman–Crippen MR) is 93.2 cm³/mol. The van der Waals surface area contributed by atoms with Crippen LogP contribution in [0.5, 0.6) is 5.75 Å². The third-order valence-electron chi connectivity index (χ3n) is 3.73. The lowest BCUT2D eigenvalue weighted by molar-refractivity contribution is -0.138. The van der Waals surface area contributed by atoms with Crippen LogP contribution in [0.25, 0.3) is 10.9 Å². The summed E-state index contributed by atoms with van der Waals surface area (Å²) in [5.41, 5.74) is -1.12. The topological polar surface area (TPSA) is 53.1 Å². The lowest BCUT2D eigenvalue weighted by atomic mass is 9.98. The molecule has 2 N–H and O–H groups in total. The molecule has 3 rings (SSSR count). The summed E-state index contributed by atoms with van der Waals surface area (Å²) in [5.74, 6) is -0.288. The molecule has 0 atom stereocenters. The van der Waals surface area contributed by atoms with Crippen LogP contribution in [0.2, 0.25) is 0 Å². The van der Waals surface area contributed by atoms with E-state index in [1.165, 1.54) is 18.2 Å². The number of aromatic nitrogens is 1. The lowest BCUT2D eigenvalue weighted by Gasteiger charge is -2.13. The van der Waals surface area contributed by atoms with Gasteiger partial charge in [-0.05, 0) is 52.4 Å². The summed E-state index contributed by atoms with van der Waals surface area (Å²) >= 11 is 2.05. The van der Waals surface area contributed by atoms with E-state index < -0.39 is 17.3 Å². The van der Waals surface area contributed by atoms with E-state index in [9.17, 15) is 23.1 Å². The van der Waals surface area contributed by atoms with Crippen molar-refractivity contribution in [2.45, 2.75) is 12.6 Å². The molecule has 1 heterocycles. The number of hydrogen-bond acceptors (Lipinski definition) is 2. The van der Waals surface area contributed by atoms with Crippen LogP contribution in [-0.4, -0.2) is 10.1 Å². The van der Waals surface area contributed by atoms with Crippen molar-refractivity contribution in [3.05, 3.63) is 73.1 Å². The Morgan fingerprint density at radius 3 is 2.54 bits per heavy atom. The highest BCUT2D eigenvalue weighted by Crippen LogP contribution is 2.34. The van der Waals surface area contributed by atoms with Crippen LogP contribution in [0.15, 0.2) is 47.3 Å². The number of aromatic hydroxyl groups is 1. The molecule has 0 spiro atoms. The molecule has 0 amide bonds. The van der Waals surface area contributed by atoms with Gasteiger partial charge in [0.05, 0.1) is 16.6 Å². The summed E-state index contributed by atoms with van der Waals surface area (Å²) in [6, 6.07) is 10.1. The monoisotopic (exact) mass is 445 g/mol. The molecule has 24 heavy (non-hydrogen) atoms. The van der Waals surface area contributed by atoms with E-state index in [2.05, 4.69) is 27.6 Å². The molecule has 0 aliphatic rings. The maximum Gasteiger partial charge on any atom is 0.416 e. The molecule has 3 nitrogen and oxygen atoms in total. The Kier molecular flexibility index (Phi) is 4.29. The number of hydrogen-bond donors (Lipinski definition) is 2. The van der Waals surface area contributed by atoms with E-state index in [0.29, 0.717) is 10.9 Å². The smallest absolute Gasteiger partial charge is 0.416 e. The highest BCUT2D eigenvalue weighted by molar-refractivity contribution is 14.1. The van der Waals surface area contributed by atoms with Crippen LogP contribution < -0.4 is 5.56 Å². The second-order valence-electron chi connectivity index (χ2n) is 5.30. The van der Waals surface area contributed by atoms with Crippen LogP contribution in [0, 0.1) is 3.57 Å². The van der Waals surface area contributed by atoms with Gasteiger partial charge in [-0.1, -0.05) is 18.2 Å². The summed E-state index contributed by atoms with van der Waals surface area (Å²) in [6.45, 7) is 0. The summed E-state index contributed by atoms with van der Waals surface area (Å²) < 4.78 is 40.2. The number of benzene rings is 2. The number of aromatic amines is 1. The van der Waals surface area contributed by atoms with Crippen molar-refractivity contribution in [1.29, 1.82) is 0 Å². The Hall–Kier alpha value is -2.03. The van der Waals surface area contributed by atoms with Crippen molar-refractivity contribution in [1.82, 2.24) is 4.98 Å². The molecule has 7 heteroatoms. The van der Waals surface area contributed by atoms with Crippen LogP contribution in [0.4, 0.5) is 13.2 Å². The Morgan fingerprint density at radius 1 is 1.12 bits per heavy atom. The Bertz CT molecular complexity index is 980. The van der Waals surface area contributed by atoms with Crippen molar-refractivity contribution in [3.63, 3.8) is 0 Å². The quantitative estimate of drug-likeness (QED) is 0.573. The fraction of sp³-hybridized carbons (Fsp3) is 0.118. The molecule has 0 radical (unpaired) electrons.